The summed E-state index contributed by atoms with van der Waals surface area (Å²) in [5.74, 6) is 2.03. The highest BCUT2D eigenvalue weighted by Crippen LogP contribution is 2.32. The molecule has 4 aromatic rings. The van der Waals surface area contributed by atoms with Gasteiger partial charge in [0.05, 0.1) is 0 Å². The molecule has 152 valence electrons. The fourth-order valence-corrected chi connectivity index (χ4v) is 3.81. The van der Waals surface area contributed by atoms with Gasteiger partial charge in [-0.05, 0) is 12.1 Å². The second-order valence-corrected chi connectivity index (χ2v) is 7.39. The summed E-state index contributed by atoms with van der Waals surface area (Å²) < 4.78 is 6.19. The number of aromatic nitrogens is 3. The number of benzene rings is 2. The summed E-state index contributed by atoms with van der Waals surface area (Å²) in [5.41, 5.74) is 8.84. The Morgan fingerprint density at radius 2 is 1.47 bits per heavy atom. The van der Waals surface area contributed by atoms with Crippen LogP contribution in [-0.4, -0.2) is 59.1 Å². The van der Waals surface area contributed by atoms with E-state index in [0.717, 1.165) is 49.7 Å². The predicted molar refractivity (Wildman–Crippen MR) is 118 cm³/mol. The summed E-state index contributed by atoms with van der Waals surface area (Å²) in [5, 5.41) is 0. The number of oxazole rings is 1. The van der Waals surface area contributed by atoms with Crippen molar-refractivity contribution in [1.82, 2.24) is 19.9 Å². The molecule has 1 fully saturated rings. The van der Waals surface area contributed by atoms with Crippen LogP contribution in [0.4, 0.5) is 5.82 Å². The van der Waals surface area contributed by atoms with E-state index in [1.165, 1.54) is 0 Å². The smallest absolute Gasteiger partial charge is 0.229 e. The van der Waals surface area contributed by atoms with E-state index in [4.69, 9.17) is 25.1 Å². The molecular weight excluding hydrogens is 376 g/mol. The monoisotopic (exact) mass is 400 g/mol. The lowest BCUT2D eigenvalue weighted by atomic mass is 10.2. The summed E-state index contributed by atoms with van der Waals surface area (Å²) in [6.07, 6.45) is 0. The van der Waals surface area contributed by atoms with Crippen molar-refractivity contribution in [3.05, 3.63) is 60.7 Å². The van der Waals surface area contributed by atoms with Gasteiger partial charge in [-0.25, -0.2) is 9.97 Å². The van der Waals surface area contributed by atoms with Gasteiger partial charge in [0.15, 0.2) is 11.6 Å². The quantitative estimate of drug-likeness (QED) is 0.551. The standard InChI is InChI=1S/C23H24N6O/c24-11-12-28-13-15-29(16-14-28)22-19-21(25-20(26-22)17-7-3-1-4-8-17)27-23(30-19)18-9-5-2-6-10-18/h1-10H,11-16,24H2. The second kappa shape index (κ2) is 8.22. The van der Waals surface area contributed by atoms with Gasteiger partial charge in [-0.1, -0.05) is 48.5 Å². The molecule has 2 N–H and O–H groups in total. The third kappa shape index (κ3) is 3.65. The van der Waals surface area contributed by atoms with Crippen LogP contribution in [0.3, 0.4) is 0 Å². The van der Waals surface area contributed by atoms with Crippen molar-refractivity contribution in [1.29, 1.82) is 0 Å². The number of hydrogen-bond donors (Lipinski definition) is 1. The van der Waals surface area contributed by atoms with Crippen LogP contribution in [0.15, 0.2) is 65.1 Å². The molecule has 0 bridgehead atoms. The first-order valence-corrected chi connectivity index (χ1v) is 10.3. The molecule has 7 heteroatoms. The fraction of sp³-hybridized carbons (Fsp3) is 0.261. The minimum Gasteiger partial charge on any atom is -0.430 e. The zero-order chi connectivity index (χ0) is 20.3. The van der Waals surface area contributed by atoms with Crippen molar-refractivity contribution >= 4 is 17.0 Å². The Balaban J connectivity index is 1.59. The van der Waals surface area contributed by atoms with Crippen LogP contribution in [-0.2, 0) is 0 Å². The van der Waals surface area contributed by atoms with Gasteiger partial charge in [-0.15, -0.1) is 0 Å². The molecule has 3 heterocycles. The van der Waals surface area contributed by atoms with Gasteiger partial charge < -0.3 is 15.1 Å². The summed E-state index contributed by atoms with van der Waals surface area (Å²) in [7, 11) is 0. The van der Waals surface area contributed by atoms with Gasteiger partial charge in [0.1, 0.15) is 0 Å². The summed E-state index contributed by atoms with van der Waals surface area (Å²) in [6.45, 7) is 5.22. The third-order valence-corrected chi connectivity index (χ3v) is 5.41. The lowest BCUT2D eigenvalue weighted by Gasteiger charge is -2.35. The Labute approximate surface area is 175 Å². The second-order valence-electron chi connectivity index (χ2n) is 7.39. The van der Waals surface area contributed by atoms with Crippen molar-refractivity contribution < 1.29 is 4.42 Å². The molecule has 1 saturated heterocycles. The lowest BCUT2D eigenvalue weighted by molar-refractivity contribution is 0.264. The third-order valence-electron chi connectivity index (χ3n) is 5.41. The Bertz CT molecular complexity index is 1120. The molecule has 1 aliphatic rings. The van der Waals surface area contributed by atoms with Crippen molar-refractivity contribution in [3.63, 3.8) is 0 Å². The maximum Gasteiger partial charge on any atom is 0.229 e. The van der Waals surface area contributed by atoms with Crippen LogP contribution >= 0.6 is 0 Å². The minimum atomic E-state index is 0.563. The molecule has 0 saturated carbocycles. The zero-order valence-corrected chi connectivity index (χ0v) is 16.7. The van der Waals surface area contributed by atoms with E-state index in [9.17, 15) is 0 Å². The highest BCUT2D eigenvalue weighted by molar-refractivity contribution is 5.85. The molecule has 0 radical (unpaired) electrons. The van der Waals surface area contributed by atoms with E-state index in [0.29, 0.717) is 29.5 Å². The molecule has 2 aromatic heterocycles. The van der Waals surface area contributed by atoms with Gasteiger partial charge in [0.2, 0.25) is 17.1 Å². The first-order valence-electron chi connectivity index (χ1n) is 10.3. The topological polar surface area (TPSA) is 84.3 Å². The van der Waals surface area contributed by atoms with Crippen LogP contribution in [0, 0.1) is 0 Å². The highest BCUT2D eigenvalue weighted by atomic mass is 16.4. The van der Waals surface area contributed by atoms with Crippen molar-refractivity contribution in [2.45, 2.75) is 0 Å². The van der Waals surface area contributed by atoms with E-state index in [1.807, 2.05) is 60.7 Å². The normalized spacial score (nSPS) is 15.0. The SMILES string of the molecule is NCCN1CCN(c2nc(-c3ccccc3)nc3nc(-c4ccccc4)oc23)CC1. The largest absolute Gasteiger partial charge is 0.430 e. The number of nitrogens with two attached hydrogens (primary N) is 1. The first-order chi connectivity index (χ1) is 14.8. The van der Waals surface area contributed by atoms with E-state index < -0.39 is 0 Å². The number of anilines is 1. The maximum atomic E-state index is 6.19. The van der Waals surface area contributed by atoms with Crippen LogP contribution in [0.1, 0.15) is 0 Å². The zero-order valence-electron chi connectivity index (χ0n) is 16.7. The molecule has 0 aliphatic carbocycles. The van der Waals surface area contributed by atoms with Crippen LogP contribution in [0.25, 0.3) is 34.1 Å². The summed E-state index contributed by atoms with van der Waals surface area (Å²) in [4.78, 5) is 19.0. The Morgan fingerprint density at radius 1 is 0.800 bits per heavy atom. The molecular formula is C23H24N6O. The number of rotatable bonds is 5. The lowest BCUT2D eigenvalue weighted by Crippen LogP contribution is -2.48. The molecule has 1 aliphatic heterocycles. The van der Waals surface area contributed by atoms with E-state index in [1.54, 1.807) is 0 Å². The molecule has 0 unspecified atom stereocenters. The van der Waals surface area contributed by atoms with E-state index in [2.05, 4.69) is 9.80 Å². The number of nitrogens with zero attached hydrogens (tertiary/aromatic N) is 5. The predicted octanol–water partition coefficient (Wildman–Crippen LogP) is 3.03. The van der Waals surface area contributed by atoms with Gasteiger partial charge in [-0.2, -0.15) is 4.98 Å². The van der Waals surface area contributed by atoms with Crippen LogP contribution < -0.4 is 10.6 Å². The van der Waals surface area contributed by atoms with Gasteiger partial charge in [0.25, 0.3) is 0 Å². The van der Waals surface area contributed by atoms with Gasteiger partial charge in [-0.3, -0.25) is 4.90 Å². The minimum absolute atomic E-state index is 0.563. The summed E-state index contributed by atoms with van der Waals surface area (Å²) in [6, 6.07) is 19.9. The molecule has 2 aromatic carbocycles. The molecule has 30 heavy (non-hydrogen) atoms. The average molecular weight is 400 g/mol. The highest BCUT2D eigenvalue weighted by Gasteiger charge is 2.24. The van der Waals surface area contributed by atoms with E-state index in [-0.39, 0.29) is 0 Å². The van der Waals surface area contributed by atoms with Crippen molar-refractivity contribution in [2.75, 3.05) is 44.2 Å². The van der Waals surface area contributed by atoms with Gasteiger partial charge >= 0.3 is 0 Å². The summed E-state index contributed by atoms with van der Waals surface area (Å²) >= 11 is 0. The fourth-order valence-electron chi connectivity index (χ4n) is 3.81. The molecule has 7 nitrogen and oxygen atoms in total. The number of hydrogen-bond acceptors (Lipinski definition) is 7. The molecule has 0 amide bonds. The first kappa shape index (κ1) is 18.7. The molecule has 0 spiro atoms. The van der Waals surface area contributed by atoms with Crippen molar-refractivity contribution in [2.24, 2.45) is 5.73 Å². The molecule has 0 atom stereocenters. The Morgan fingerprint density at radius 3 is 2.13 bits per heavy atom. The number of fused-ring (bicyclic) bond motifs is 1. The Kier molecular flexibility index (Phi) is 5.13. The van der Waals surface area contributed by atoms with Gasteiger partial charge in [0, 0.05) is 50.4 Å². The van der Waals surface area contributed by atoms with Crippen molar-refractivity contribution in [3.8, 4) is 22.8 Å². The maximum absolute atomic E-state index is 6.19. The average Bonchev–Trinajstić information content (AvgIpc) is 3.25. The Hall–Kier alpha value is -3.29. The van der Waals surface area contributed by atoms with Crippen LogP contribution in [0.2, 0.25) is 0 Å². The molecule has 5 rings (SSSR count). The number of piperazine rings is 1. The van der Waals surface area contributed by atoms with Crippen LogP contribution in [0.5, 0.6) is 0 Å². The van der Waals surface area contributed by atoms with E-state index >= 15 is 0 Å².